The van der Waals surface area contributed by atoms with E-state index < -0.39 is 22.7 Å². The lowest BCUT2D eigenvalue weighted by Gasteiger charge is -2.18. The summed E-state index contributed by atoms with van der Waals surface area (Å²) in [5.41, 5.74) is 1.59. The maximum Gasteiger partial charge on any atom is 0.309 e. The van der Waals surface area contributed by atoms with E-state index in [9.17, 15) is 19.7 Å². The number of ether oxygens (including phenoxy) is 1. The number of nitrogens with zero attached hydrogens (tertiary/aromatic N) is 1. The molecule has 2 aromatic rings. The molecule has 2 atom stereocenters. The standard InChI is InChI=1S/C20H19NO5/c1-26-20(23)17-9-5-8-16(17)19(22)18-12-14(21(24)25)10-11-15(18)13-6-3-2-4-7-13/h2-4,6-7,10-12,16-17H,5,8-9H2,1H3/t16-,17-/m1/s1. The van der Waals surface area contributed by atoms with Gasteiger partial charge < -0.3 is 4.74 Å². The Morgan fingerprint density at radius 2 is 1.77 bits per heavy atom. The second-order valence-corrected chi connectivity index (χ2v) is 6.38. The first-order valence-electron chi connectivity index (χ1n) is 8.49. The van der Waals surface area contributed by atoms with Crippen molar-refractivity contribution in [2.75, 3.05) is 7.11 Å². The molecule has 0 radical (unpaired) electrons. The highest BCUT2D eigenvalue weighted by atomic mass is 16.6. The molecule has 0 unspecified atom stereocenters. The lowest BCUT2D eigenvalue weighted by atomic mass is 9.85. The lowest BCUT2D eigenvalue weighted by molar-refractivity contribution is -0.384. The van der Waals surface area contributed by atoms with Crippen molar-refractivity contribution in [2.45, 2.75) is 19.3 Å². The predicted octanol–water partition coefficient (Wildman–Crippen LogP) is 4.03. The van der Waals surface area contributed by atoms with Crippen LogP contribution in [0.1, 0.15) is 29.6 Å². The molecule has 0 heterocycles. The molecule has 6 heteroatoms. The number of ketones is 1. The van der Waals surface area contributed by atoms with Crippen molar-refractivity contribution in [3.8, 4) is 11.1 Å². The average molecular weight is 353 g/mol. The summed E-state index contributed by atoms with van der Waals surface area (Å²) in [6.45, 7) is 0. The van der Waals surface area contributed by atoms with Crippen LogP contribution in [0.4, 0.5) is 5.69 Å². The van der Waals surface area contributed by atoms with Crippen LogP contribution in [-0.2, 0) is 9.53 Å². The fourth-order valence-electron chi connectivity index (χ4n) is 3.63. The van der Waals surface area contributed by atoms with E-state index in [4.69, 9.17) is 4.74 Å². The van der Waals surface area contributed by atoms with Crippen LogP contribution in [0.25, 0.3) is 11.1 Å². The van der Waals surface area contributed by atoms with Crippen molar-refractivity contribution in [2.24, 2.45) is 11.8 Å². The number of benzene rings is 2. The Morgan fingerprint density at radius 1 is 1.08 bits per heavy atom. The largest absolute Gasteiger partial charge is 0.469 e. The number of rotatable bonds is 5. The van der Waals surface area contributed by atoms with E-state index >= 15 is 0 Å². The summed E-state index contributed by atoms with van der Waals surface area (Å²) >= 11 is 0. The van der Waals surface area contributed by atoms with Gasteiger partial charge in [-0.1, -0.05) is 36.8 Å². The number of hydrogen-bond acceptors (Lipinski definition) is 5. The minimum atomic E-state index is -0.516. The SMILES string of the molecule is COC(=O)[C@@H]1CCC[C@H]1C(=O)c1cc([N+](=O)[O-])ccc1-c1ccccc1. The van der Waals surface area contributed by atoms with Gasteiger partial charge in [0.05, 0.1) is 18.0 Å². The van der Waals surface area contributed by atoms with Crippen LogP contribution in [0.2, 0.25) is 0 Å². The van der Waals surface area contributed by atoms with E-state index in [0.29, 0.717) is 18.4 Å². The molecule has 1 aliphatic rings. The lowest BCUT2D eigenvalue weighted by Crippen LogP contribution is -2.27. The third-order valence-electron chi connectivity index (χ3n) is 4.92. The molecular weight excluding hydrogens is 334 g/mol. The van der Waals surface area contributed by atoms with Crippen molar-refractivity contribution < 1.29 is 19.2 Å². The second-order valence-electron chi connectivity index (χ2n) is 6.38. The Kier molecular flexibility index (Phi) is 5.11. The molecule has 0 bridgehead atoms. The Bertz CT molecular complexity index is 847. The average Bonchev–Trinajstić information content (AvgIpc) is 3.16. The topological polar surface area (TPSA) is 86.5 Å². The summed E-state index contributed by atoms with van der Waals surface area (Å²) in [4.78, 5) is 35.9. The van der Waals surface area contributed by atoms with E-state index in [1.165, 1.54) is 19.2 Å². The van der Waals surface area contributed by atoms with Gasteiger partial charge in [-0.15, -0.1) is 0 Å². The van der Waals surface area contributed by atoms with Crippen LogP contribution in [0.5, 0.6) is 0 Å². The molecule has 2 aromatic carbocycles. The van der Waals surface area contributed by atoms with Gasteiger partial charge in [-0.3, -0.25) is 19.7 Å². The molecule has 26 heavy (non-hydrogen) atoms. The number of methoxy groups -OCH3 is 1. The summed E-state index contributed by atoms with van der Waals surface area (Å²) in [7, 11) is 1.31. The van der Waals surface area contributed by atoms with Crippen molar-refractivity contribution in [1.82, 2.24) is 0 Å². The van der Waals surface area contributed by atoms with Crippen molar-refractivity contribution >= 4 is 17.4 Å². The predicted molar refractivity (Wildman–Crippen MR) is 95.7 cm³/mol. The van der Waals surface area contributed by atoms with Gasteiger partial charge >= 0.3 is 5.97 Å². The minimum Gasteiger partial charge on any atom is -0.469 e. The molecule has 134 valence electrons. The van der Waals surface area contributed by atoms with Crippen LogP contribution in [0.3, 0.4) is 0 Å². The van der Waals surface area contributed by atoms with Gasteiger partial charge in [0.15, 0.2) is 5.78 Å². The number of carbonyl (C=O) groups excluding carboxylic acids is 2. The van der Waals surface area contributed by atoms with Crippen molar-refractivity contribution in [3.05, 3.63) is 64.2 Å². The molecule has 0 N–H and O–H groups in total. The maximum absolute atomic E-state index is 13.2. The summed E-state index contributed by atoms with van der Waals surface area (Å²) in [5, 5.41) is 11.2. The van der Waals surface area contributed by atoms with Crippen LogP contribution in [0, 0.1) is 22.0 Å². The zero-order chi connectivity index (χ0) is 18.7. The molecule has 0 spiro atoms. The van der Waals surface area contributed by atoms with E-state index in [1.807, 2.05) is 30.3 Å². The summed E-state index contributed by atoms with van der Waals surface area (Å²) in [6.07, 6.45) is 1.93. The van der Waals surface area contributed by atoms with E-state index in [-0.39, 0.29) is 17.0 Å². The number of Topliss-reactive ketones (excluding diaryl/α,β-unsaturated/α-hetero) is 1. The van der Waals surface area contributed by atoms with Crippen molar-refractivity contribution in [3.63, 3.8) is 0 Å². The van der Waals surface area contributed by atoms with Gasteiger partial charge in [0.2, 0.25) is 0 Å². The molecular formula is C20H19NO5. The summed E-state index contributed by atoms with van der Waals surface area (Å²) < 4.78 is 4.83. The molecule has 1 saturated carbocycles. The Balaban J connectivity index is 2.06. The maximum atomic E-state index is 13.2. The first-order chi connectivity index (χ1) is 12.5. The second kappa shape index (κ2) is 7.47. The number of carbonyl (C=O) groups is 2. The number of nitro benzene ring substituents is 1. The monoisotopic (exact) mass is 353 g/mol. The molecule has 0 amide bonds. The van der Waals surface area contributed by atoms with Gasteiger partial charge in [0, 0.05) is 23.6 Å². The Morgan fingerprint density at radius 3 is 2.42 bits per heavy atom. The number of nitro groups is 1. The first-order valence-corrected chi connectivity index (χ1v) is 8.49. The smallest absolute Gasteiger partial charge is 0.309 e. The van der Waals surface area contributed by atoms with Crippen LogP contribution >= 0.6 is 0 Å². The van der Waals surface area contributed by atoms with Gasteiger partial charge in [-0.25, -0.2) is 0 Å². The summed E-state index contributed by atoms with van der Waals surface area (Å²) in [5.74, 6) is -1.63. The molecule has 0 aliphatic heterocycles. The van der Waals surface area contributed by atoms with Gasteiger partial charge in [-0.05, 0) is 30.0 Å². The quantitative estimate of drug-likeness (QED) is 0.350. The fourth-order valence-corrected chi connectivity index (χ4v) is 3.63. The highest BCUT2D eigenvalue weighted by Crippen LogP contribution is 2.38. The van der Waals surface area contributed by atoms with Crippen LogP contribution in [-0.4, -0.2) is 23.8 Å². The first kappa shape index (κ1) is 17.8. The van der Waals surface area contributed by atoms with Crippen molar-refractivity contribution in [1.29, 1.82) is 0 Å². The number of hydrogen-bond donors (Lipinski definition) is 0. The summed E-state index contributed by atoms with van der Waals surface area (Å²) in [6, 6.07) is 13.6. The number of non-ortho nitro benzene ring substituents is 1. The molecule has 6 nitrogen and oxygen atoms in total. The van der Waals surface area contributed by atoms with Gasteiger partial charge in [-0.2, -0.15) is 0 Å². The number of esters is 1. The van der Waals surface area contributed by atoms with Crippen LogP contribution < -0.4 is 0 Å². The zero-order valence-corrected chi connectivity index (χ0v) is 14.4. The third-order valence-corrected chi connectivity index (χ3v) is 4.92. The zero-order valence-electron chi connectivity index (χ0n) is 14.4. The molecule has 3 rings (SSSR count). The molecule has 0 saturated heterocycles. The van der Waals surface area contributed by atoms with Gasteiger partial charge in [0.25, 0.3) is 5.69 Å². The van der Waals surface area contributed by atoms with Crippen LogP contribution in [0.15, 0.2) is 48.5 Å². The minimum absolute atomic E-state index is 0.138. The fraction of sp³-hybridized carbons (Fsp3) is 0.300. The molecule has 0 aromatic heterocycles. The Hall–Kier alpha value is -3.02. The molecule has 1 aliphatic carbocycles. The van der Waals surface area contributed by atoms with E-state index in [0.717, 1.165) is 12.0 Å². The Labute approximate surface area is 150 Å². The normalized spacial score (nSPS) is 19.1. The van der Waals surface area contributed by atoms with E-state index in [2.05, 4.69) is 0 Å². The molecule has 1 fully saturated rings. The highest BCUT2D eigenvalue weighted by molar-refractivity contribution is 6.06. The highest BCUT2D eigenvalue weighted by Gasteiger charge is 2.39. The van der Waals surface area contributed by atoms with E-state index in [1.54, 1.807) is 6.07 Å². The third kappa shape index (κ3) is 3.35. The van der Waals surface area contributed by atoms with Gasteiger partial charge in [0.1, 0.15) is 0 Å².